The topological polar surface area (TPSA) is 71.1 Å². The molecular weight excluding hydrogens is 396 g/mol. The highest BCUT2D eigenvalue weighted by Crippen LogP contribution is 2.34. The van der Waals surface area contributed by atoms with Crippen molar-refractivity contribution < 1.29 is 28.5 Å². The Morgan fingerprint density at radius 2 is 1.52 bits per heavy atom. The van der Waals surface area contributed by atoms with Crippen molar-refractivity contribution in [2.24, 2.45) is 0 Å². The lowest BCUT2D eigenvalue weighted by atomic mass is 10.1. The van der Waals surface area contributed by atoms with Gasteiger partial charge in [-0.1, -0.05) is 12.1 Å². The number of allylic oxidation sites excluding steroid dienone is 1. The van der Waals surface area contributed by atoms with Crippen LogP contribution in [0.2, 0.25) is 0 Å². The van der Waals surface area contributed by atoms with Gasteiger partial charge in [0.25, 0.3) is 0 Å². The number of hydrogen-bond acceptors (Lipinski definition) is 6. The Labute approximate surface area is 179 Å². The van der Waals surface area contributed by atoms with Gasteiger partial charge in [0, 0.05) is 11.6 Å². The van der Waals surface area contributed by atoms with Crippen LogP contribution in [0.3, 0.4) is 0 Å². The summed E-state index contributed by atoms with van der Waals surface area (Å²) >= 11 is 0. The third kappa shape index (κ3) is 4.43. The number of methoxy groups -OCH3 is 2. The van der Waals surface area contributed by atoms with Gasteiger partial charge in [0.15, 0.2) is 18.1 Å². The van der Waals surface area contributed by atoms with Gasteiger partial charge in [0.1, 0.15) is 23.0 Å². The first-order chi connectivity index (χ1) is 15.1. The van der Waals surface area contributed by atoms with E-state index in [0.717, 1.165) is 5.56 Å². The van der Waals surface area contributed by atoms with Gasteiger partial charge in [0.2, 0.25) is 5.78 Å². The second kappa shape index (κ2) is 8.75. The van der Waals surface area contributed by atoms with Crippen molar-refractivity contribution >= 4 is 17.6 Å². The van der Waals surface area contributed by atoms with Crippen molar-refractivity contribution in [2.75, 3.05) is 20.8 Å². The molecule has 3 aromatic carbocycles. The summed E-state index contributed by atoms with van der Waals surface area (Å²) in [5.41, 5.74) is 1.83. The molecule has 4 rings (SSSR count). The lowest BCUT2D eigenvalue weighted by molar-refractivity contribution is 0.0921. The summed E-state index contributed by atoms with van der Waals surface area (Å²) in [6.45, 7) is -0.0779. The highest BCUT2D eigenvalue weighted by atomic mass is 16.5. The van der Waals surface area contributed by atoms with E-state index in [-0.39, 0.29) is 23.9 Å². The first-order valence-electron chi connectivity index (χ1n) is 9.60. The van der Waals surface area contributed by atoms with E-state index in [2.05, 4.69) is 0 Å². The van der Waals surface area contributed by atoms with Crippen LogP contribution in [0.5, 0.6) is 23.0 Å². The molecule has 6 heteroatoms. The molecule has 0 spiro atoms. The average molecular weight is 416 g/mol. The molecule has 0 fully saturated rings. The summed E-state index contributed by atoms with van der Waals surface area (Å²) in [4.78, 5) is 24.8. The molecule has 1 heterocycles. The average Bonchev–Trinajstić information content (AvgIpc) is 3.12. The third-order valence-electron chi connectivity index (χ3n) is 4.84. The van der Waals surface area contributed by atoms with Crippen LogP contribution in [-0.4, -0.2) is 32.4 Å². The fraction of sp³-hybridized carbons (Fsp3) is 0.120. The smallest absolute Gasteiger partial charge is 0.231 e. The fourth-order valence-electron chi connectivity index (χ4n) is 3.11. The van der Waals surface area contributed by atoms with Crippen molar-refractivity contribution in [3.63, 3.8) is 0 Å². The van der Waals surface area contributed by atoms with E-state index in [0.29, 0.717) is 34.1 Å². The highest BCUT2D eigenvalue weighted by Gasteiger charge is 2.27. The number of Topliss-reactive ketones (excluding diaryl/α,β-unsaturated/α-hetero) is 2. The Morgan fingerprint density at radius 1 is 0.871 bits per heavy atom. The summed E-state index contributed by atoms with van der Waals surface area (Å²) < 4.78 is 21.5. The molecule has 3 aromatic rings. The minimum Gasteiger partial charge on any atom is -0.497 e. The first kappa shape index (κ1) is 20.2. The van der Waals surface area contributed by atoms with Gasteiger partial charge in [-0.15, -0.1) is 0 Å². The van der Waals surface area contributed by atoms with E-state index in [4.69, 9.17) is 18.9 Å². The van der Waals surface area contributed by atoms with Crippen molar-refractivity contribution in [2.45, 2.75) is 0 Å². The molecule has 0 atom stereocenters. The van der Waals surface area contributed by atoms with Gasteiger partial charge in [-0.3, -0.25) is 9.59 Å². The zero-order chi connectivity index (χ0) is 21.8. The van der Waals surface area contributed by atoms with Crippen LogP contribution in [0.4, 0.5) is 0 Å². The molecule has 31 heavy (non-hydrogen) atoms. The maximum Gasteiger partial charge on any atom is 0.231 e. The number of benzene rings is 3. The van der Waals surface area contributed by atoms with Crippen molar-refractivity contribution in [1.82, 2.24) is 0 Å². The Bertz CT molecular complexity index is 1140. The number of ether oxygens (including phenoxy) is 4. The zero-order valence-electron chi connectivity index (χ0n) is 17.1. The molecular formula is C25H20O6. The van der Waals surface area contributed by atoms with Gasteiger partial charge < -0.3 is 18.9 Å². The van der Waals surface area contributed by atoms with E-state index in [9.17, 15) is 9.59 Å². The van der Waals surface area contributed by atoms with Gasteiger partial charge in [-0.25, -0.2) is 0 Å². The molecule has 0 saturated carbocycles. The summed E-state index contributed by atoms with van der Waals surface area (Å²) in [6.07, 6.45) is 1.67. The van der Waals surface area contributed by atoms with Crippen molar-refractivity contribution in [3.05, 3.63) is 89.2 Å². The van der Waals surface area contributed by atoms with Gasteiger partial charge >= 0.3 is 0 Å². The Kier molecular flexibility index (Phi) is 5.71. The van der Waals surface area contributed by atoms with Crippen LogP contribution < -0.4 is 18.9 Å². The van der Waals surface area contributed by atoms with Gasteiger partial charge in [-0.2, -0.15) is 0 Å². The molecule has 0 bridgehead atoms. The molecule has 156 valence electrons. The fourth-order valence-corrected chi connectivity index (χ4v) is 3.11. The molecule has 0 unspecified atom stereocenters. The van der Waals surface area contributed by atoms with E-state index < -0.39 is 0 Å². The minimum absolute atomic E-state index is 0.0779. The predicted octanol–water partition coefficient (Wildman–Crippen LogP) is 4.58. The molecule has 1 aliphatic rings. The van der Waals surface area contributed by atoms with Gasteiger partial charge in [-0.05, 0) is 60.2 Å². The Morgan fingerprint density at radius 3 is 2.19 bits per heavy atom. The van der Waals surface area contributed by atoms with Crippen molar-refractivity contribution in [3.8, 4) is 23.0 Å². The van der Waals surface area contributed by atoms with Crippen LogP contribution in [0.15, 0.2) is 72.5 Å². The Balaban J connectivity index is 1.39. The molecule has 0 amide bonds. The minimum atomic E-state index is -0.178. The van der Waals surface area contributed by atoms with Crippen LogP contribution in [0, 0.1) is 0 Å². The van der Waals surface area contributed by atoms with E-state index >= 15 is 0 Å². The SMILES string of the molecule is COc1ccc(C(=O)COc2ccc(/C=C3/Oc4cc(OC)ccc4C3=O)cc2)cc1. The highest BCUT2D eigenvalue weighted by molar-refractivity contribution is 6.14. The summed E-state index contributed by atoms with van der Waals surface area (Å²) in [7, 11) is 3.13. The summed E-state index contributed by atoms with van der Waals surface area (Å²) in [5, 5.41) is 0. The van der Waals surface area contributed by atoms with Crippen molar-refractivity contribution in [1.29, 1.82) is 0 Å². The largest absolute Gasteiger partial charge is 0.497 e. The molecule has 6 nitrogen and oxygen atoms in total. The van der Waals surface area contributed by atoms with Crippen LogP contribution in [0.25, 0.3) is 6.08 Å². The summed E-state index contributed by atoms with van der Waals surface area (Å²) in [6, 6.07) is 19.0. The normalized spacial score (nSPS) is 13.5. The molecule has 0 radical (unpaired) electrons. The number of carbonyl (C=O) groups excluding carboxylic acids is 2. The quantitative estimate of drug-likeness (QED) is 0.415. The predicted molar refractivity (Wildman–Crippen MR) is 115 cm³/mol. The standard InChI is InChI=1S/C25H20O6/c1-28-18-9-5-17(6-10-18)22(26)15-30-19-7-3-16(4-8-19)13-24-25(27)21-12-11-20(29-2)14-23(21)31-24/h3-14H,15H2,1-2H3/b24-13+. The molecule has 0 aromatic heterocycles. The third-order valence-corrected chi connectivity index (χ3v) is 4.84. The molecule has 0 aliphatic carbocycles. The molecule has 1 aliphatic heterocycles. The second-order valence-electron chi connectivity index (χ2n) is 6.81. The van der Waals surface area contributed by atoms with E-state index in [1.54, 1.807) is 87.0 Å². The number of hydrogen-bond donors (Lipinski definition) is 0. The maximum atomic E-state index is 12.5. The second-order valence-corrected chi connectivity index (χ2v) is 6.81. The van der Waals surface area contributed by atoms with Crippen LogP contribution in [0.1, 0.15) is 26.3 Å². The number of carbonyl (C=O) groups is 2. The van der Waals surface area contributed by atoms with E-state index in [1.165, 1.54) is 0 Å². The number of ketones is 2. The van der Waals surface area contributed by atoms with Crippen LogP contribution in [-0.2, 0) is 0 Å². The van der Waals surface area contributed by atoms with E-state index in [1.807, 2.05) is 0 Å². The summed E-state index contributed by atoms with van der Waals surface area (Å²) in [5.74, 6) is 2.28. The Hall–Kier alpha value is -4.06. The van der Waals surface area contributed by atoms with Crippen LogP contribution >= 0.6 is 0 Å². The monoisotopic (exact) mass is 416 g/mol. The van der Waals surface area contributed by atoms with Gasteiger partial charge in [0.05, 0.1) is 19.8 Å². The lowest BCUT2D eigenvalue weighted by Crippen LogP contribution is -2.11. The lowest BCUT2D eigenvalue weighted by Gasteiger charge is -2.07. The maximum absolute atomic E-state index is 12.5. The zero-order valence-corrected chi connectivity index (χ0v) is 17.1. The number of fused-ring (bicyclic) bond motifs is 1. The first-order valence-corrected chi connectivity index (χ1v) is 9.60. The number of rotatable bonds is 7. The molecule has 0 saturated heterocycles. The molecule has 0 N–H and O–H groups in total.